The molecule has 1 fully saturated rings. The number of benzene rings is 2. The second-order valence-electron chi connectivity index (χ2n) is 7.13. The third kappa shape index (κ3) is 6.47. The Labute approximate surface area is 157 Å². The summed E-state index contributed by atoms with van der Waals surface area (Å²) in [4.78, 5) is 2.63. The van der Waals surface area contributed by atoms with Crippen LogP contribution in [-0.2, 0) is 13.0 Å². The van der Waals surface area contributed by atoms with Gasteiger partial charge in [-0.05, 0) is 81.0 Å². The number of likely N-dealkylation sites (tertiary alicyclic amines) is 1. The van der Waals surface area contributed by atoms with Crippen molar-refractivity contribution in [2.45, 2.75) is 32.2 Å². The van der Waals surface area contributed by atoms with Crippen LogP contribution in [0.5, 0.6) is 0 Å². The summed E-state index contributed by atoms with van der Waals surface area (Å²) in [6.07, 6.45) is 5.15. The molecule has 1 heterocycles. The van der Waals surface area contributed by atoms with Gasteiger partial charge in [0.15, 0.2) is 0 Å². The van der Waals surface area contributed by atoms with E-state index in [4.69, 9.17) is 11.6 Å². The molecular formula is C22H29ClN2. The lowest BCUT2D eigenvalue weighted by atomic mass is 9.90. The van der Waals surface area contributed by atoms with Gasteiger partial charge < -0.3 is 10.2 Å². The van der Waals surface area contributed by atoms with E-state index in [1.165, 1.54) is 56.4 Å². The van der Waals surface area contributed by atoms with Crippen LogP contribution in [0.25, 0.3) is 0 Å². The summed E-state index contributed by atoms with van der Waals surface area (Å²) in [6, 6.07) is 19.0. The molecule has 0 atom stereocenters. The van der Waals surface area contributed by atoms with E-state index < -0.39 is 0 Å². The van der Waals surface area contributed by atoms with Gasteiger partial charge in [-0.15, -0.1) is 0 Å². The number of rotatable bonds is 8. The molecule has 134 valence electrons. The predicted molar refractivity (Wildman–Crippen MR) is 107 cm³/mol. The fourth-order valence-electron chi connectivity index (χ4n) is 3.62. The van der Waals surface area contributed by atoms with Gasteiger partial charge in [-0.1, -0.05) is 54.1 Å². The Balaban J connectivity index is 1.26. The number of nitrogens with zero attached hydrogens (tertiary/aromatic N) is 1. The smallest absolute Gasteiger partial charge is 0.0406 e. The van der Waals surface area contributed by atoms with Gasteiger partial charge in [0.1, 0.15) is 0 Å². The van der Waals surface area contributed by atoms with E-state index in [0.29, 0.717) is 0 Å². The van der Waals surface area contributed by atoms with Crippen LogP contribution in [0.15, 0.2) is 54.6 Å². The van der Waals surface area contributed by atoms with E-state index in [1.807, 2.05) is 12.1 Å². The molecule has 1 aliphatic rings. The number of piperidine rings is 1. The van der Waals surface area contributed by atoms with Crippen LogP contribution in [0.3, 0.4) is 0 Å². The van der Waals surface area contributed by atoms with Crippen molar-refractivity contribution in [3.05, 3.63) is 70.7 Å². The molecule has 25 heavy (non-hydrogen) atoms. The maximum atomic E-state index is 5.91. The molecule has 3 rings (SSSR count). The summed E-state index contributed by atoms with van der Waals surface area (Å²) in [5.74, 6) is 0.863. The van der Waals surface area contributed by atoms with Crippen molar-refractivity contribution in [1.29, 1.82) is 0 Å². The van der Waals surface area contributed by atoms with E-state index in [-0.39, 0.29) is 0 Å². The lowest BCUT2D eigenvalue weighted by molar-refractivity contribution is 0.182. The number of nitrogens with one attached hydrogen (secondary N) is 1. The van der Waals surface area contributed by atoms with Gasteiger partial charge in [0.2, 0.25) is 0 Å². The van der Waals surface area contributed by atoms with Gasteiger partial charge in [0.25, 0.3) is 0 Å². The standard InChI is InChI=1S/C22H29ClN2/c23-22-9-7-21(8-10-22)18-24-13-4-14-25-15-11-20(12-16-25)17-19-5-2-1-3-6-19/h1-3,5-10,20,24H,4,11-18H2. The quantitative estimate of drug-likeness (QED) is 0.685. The molecule has 2 aromatic rings. The fraction of sp³-hybridized carbons (Fsp3) is 0.455. The van der Waals surface area contributed by atoms with Gasteiger partial charge in [0, 0.05) is 11.6 Å². The highest BCUT2D eigenvalue weighted by Gasteiger charge is 2.18. The molecule has 0 radical (unpaired) electrons. The molecule has 0 unspecified atom stereocenters. The summed E-state index contributed by atoms with van der Waals surface area (Å²) < 4.78 is 0. The third-order valence-corrected chi connectivity index (χ3v) is 5.40. The molecule has 2 nitrogen and oxygen atoms in total. The highest BCUT2D eigenvalue weighted by Crippen LogP contribution is 2.21. The Morgan fingerprint density at radius 1 is 0.920 bits per heavy atom. The molecule has 2 aromatic carbocycles. The summed E-state index contributed by atoms with van der Waals surface area (Å²) in [5, 5.41) is 4.34. The summed E-state index contributed by atoms with van der Waals surface area (Å²) in [7, 11) is 0. The highest BCUT2D eigenvalue weighted by atomic mass is 35.5. The third-order valence-electron chi connectivity index (χ3n) is 5.14. The van der Waals surface area contributed by atoms with Crippen molar-refractivity contribution in [1.82, 2.24) is 10.2 Å². The minimum absolute atomic E-state index is 0.805. The normalized spacial score (nSPS) is 16.2. The lowest BCUT2D eigenvalue weighted by Gasteiger charge is -2.32. The van der Waals surface area contributed by atoms with E-state index in [2.05, 4.69) is 52.7 Å². The first-order valence-electron chi connectivity index (χ1n) is 9.51. The first-order chi connectivity index (χ1) is 12.3. The van der Waals surface area contributed by atoms with Crippen molar-refractivity contribution >= 4 is 11.6 Å². The van der Waals surface area contributed by atoms with E-state index >= 15 is 0 Å². The topological polar surface area (TPSA) is 15.3 Å². The van der Waals surface area contributed by atoms with Crippen LogP contribution < -0.4 is 5.32 Å². The van der Waals surface area contributed by atoms with Crippen LogP contribution in [0, 0.1) is 5.92 Å². The van der Waals surface area contributed by atoms with E-state index in [9.17, 15) is 0 Å². The van der Waals surface area contributed by atoms with Gasteiger partial charge in [0.05, 0.1) is 0 Å². The zero-order valence-corrected chi connectivity index (χ0v) is 15.7. The molecule has 1 saturated heterocycles. The predicted octanol–water partition coefficient (Wildman–Crippen LogP) is 4.77. The van der Waals surface area contributed by atoms with Gasteiger partial charge in [-0.3, -0.25) is 0 Å². The Hall–Kier alpha value is -1.35. The highest BCUT2D eigenvalue weighted by molar-refractivity contribution is 6.30. The van der Waals surface area contributed by atoms with Crippen LogP contribution in [0.4, 0.5) is 0 Å². The van der Waals surface area contributed by atoms with Crippen LogP contribution in [0.1, 0.15) is 30.4 Å². The molecule has 0 aliphatic carbocycles. The van der Waals surface area contributed by atoms with Crippen molar-refractivity contribution in [3.8, 4) is 0 Å². The monoisotopic (exact) mass is 356 g/mol. The summed E-state index contributed by atoms with van der Waals surface area (Å²) in [5.41, 5.74) is 2.79. The first kappa shape index (κ1) is 18.4. The molecule has 0 spiro atoms. The molecule has 0 amide bonds. The van der Waals surface area contributed by atoms with E-state index in [1.54, 1.807) is 0 Å². The molecule has 0 bridgehead atoms. The second-order valence-corrected chi connectivity index (χ2v) is 7.57. The molecule has 3 heteroatoms. The van der Waals surface area contributed by atoms with E-state index in [0.717, 1.165) is 24.0 Å². The van der Waals surface area contributed by atoms with Gasteiger partial charge in [-0.2, -0.15) is 0 Å². The van der Waals surface area contributed by atoms with Crippen LogP contribution in [0.2, 0.25) is 5.02 Å². The summed E-state index contributed by atoms with van der Waals surface area (Å²) in [6.45, 7) is 5.73. The number of halogens is 1. The van der Waals surface area contributed by atoms with Crippen molar-refractivity contribution < 1.29 is 0 Å². The first-order valence-corrected chi connectivity index (χ1v) is 9.89. The van der Waals surface area contributed by atoms with Crippen LogP contribution >= 0.6 is 11.6 Å². The zero-order valence-electron chi connectivity index (χ0n) is 15.0. The Bertz CT molecular complexity index is 604. The fourth-order valence-corrected chi connectivity index (χ4v) is 3.75. The average Bonchev–Trinajstić information content (AvgIpc) is 2.65. The Kier molecular flexibility index (Phi) is 7.35. The maximum Gasteiger partial charge on any atom is 0.0406 e. The number of hydrogen-bond acceptors (Lipinski definition) is 2. The Morgan fingerprint density at radius 2 is 1.64 bits per heavy atom. The lowest BCUT2D eigenvalue weighted by Crippen LogP contribution is -2.36. The average molecular weight is 357 g/mol. The molecule has 1 aliphatic heterocycles. The molecule has 1 N–H and O–H groups in total. The Morgan fingerprint density at radius 3 is 2.36 bits per heavy atom. The molecule has 0 saturated carbocycles. The molecule has 0 aromatic heterocycles. The minimum Gasteiger partial charge on any atom is -0.313 e. The second kappa shape index (κ2) is 9.96. The SMILES string of the molecule is Clc1ccc(CNCCCN2CCC(Cc3ccccc3)CC2)cc1. The molecular weight excluding hydrogens is 328 g/mol. The maximum absolute atomic E-state index is 5.91. The van der Waals surface area contributed by atoms with Crippen molar-refractivity contribution in [2.75, 3.05) is 26.2 Å². The van der Waals surface area contributed by atoms with Crippen molar-refractivity contribution in [2.24, 2.45) is 5.92 Å². The van der Waals surface area contributed by atoms with Gasteiger partial charge in [-0.25, -0.2) is 0 Å². The number of hydrogen-bond donors (Lipinski definition) is 1. The van der Waals surface area contributed by atoms with Crippen molar-refractivity contribution in [3.63, 3.8) is 0 Å². The van der Waals surface area contributed by atoms with Crippen LogP contribution in [-0.4, -0.2) is 31.1 Å². The largest absolute Gasteiger partial charge is 0.313 e. The summed E-state index contributed by atoms with van der Waals surface area (Å²) >= 11 is 5.91. The zero-order chi connectivity index (χ0) is 17.3. The minimum atomic E-state index is 0.805. The van der Waals surface area contributed by atoms with Gasteiger partial charge >= 0.3 is 0 Å².